The molecule has 26 heavy (non-hydrogen) atoms. The van der Waals surface area contributed by atoms with Crippen molar-refractivity contribution in [1.29, 1.82) is 0 Å². The van der Waals surface area contributed by atoms with Crippen LogP contribution in [0.15, 0.2) is 17.6 Å². The van der Waals surface area contributed by atoms with Crippen LogP contribution in [0.3, 0.4) is 0 Å². The van der Waals surface area contributed by atoms with Crippen LogP contribution in [0.25, 0.3) is 0 Å². The molecule has 6 nitrogen and oxygen atoms in total. The standard InChI is InChI=1S/C19H23N3O3S/c1-13-18(26-11-20-13)4-7-21(2)5-3-6-22-10-14-8-16-17(25-12-24-16)9-15(14)19(22)23/h8-9,11H,3-7,10,12H2,1-2H3. The van der Waals surface area contributed by atoms with Crippen LogP contribution in [0.4, 0.5) is 0 Å². The summed E-state index contributed by atoms with van der Waals surface area (Å²) < 4.78 is 10.8. The Bertz CT molecular complexity index is 820. The molecule has 1 amide bonds. The van der Waals surface area contributed by atoms with Gasteiger partial charge in [-0.05, 0) is 51.1 Å². The fourth-order valence-corrected chi connectivity index (χ4v) is 4.21. The maximum Gasteiger partial charge on any atom is 0.254 e. The van der Waals surface area contributed by atoms with E-state index in [9.17, 15) is 4.79 Å². The largest absolute Gasteiger partial charge is 0.454 e. The fourth-order valence-electron chi connectivity index (χ4n) is 3.44. The Morgan fingerprint density at radius 3 is 2.85 bits per heavy atom. The first-order valence-corrected chi connectivity index (χ1v) is 9.79. The summed E-state index contributed by atoms with van der Waals surface area (Å²) in [4.78, 5) is 22.5. The number of carbonyl (C=O) groups is 1. The van der Waals surface area contributed by atoms with Crippen LogP contribution in [0, 0.1) is 6.92 Å². The van der Waals surface area contributed by atoms with Gasteiger partial charge >= 0.3 is 0 Å². The second kappa shape index (κ2) is 7.25. The smallest absolute Gasteiger partial charge is 0.254 e. The van der Waals surface area contributed by atoms with E-state index in [1.54, 1.807) is 11.3 Å². The Hall–Kier alpha value is -2.12. The Morgan fingerprint density at radius 2 is 2.08 bits per heavy atom. The van der Waals surface area contributed by atoms with Crippen LogP contribution in [-0.2, 0) is 13.0 Å². The van der Waals surface area contributed by atoms with Gasteiger partial charge in [-0.2, -0.15) is 0 Å². The highest BCUT2D eigenvalue weighted by molar-refractivity contribution is 7.09. The molecule has 0 spiro atoms. The van der Waals surface area contributed by atoms with Crippen LogP contribution in [0.5, 0.6) is 11.5 Å². The van der Waals surface area contributed by atoms with Gasteiger partial charge in [-0.25, -0.2) is 4.98 Å². The number of carbonyl (C=O) groups excluding carboxylic acids is 1. The maximum atomic E-state index is 12.6. The van der Waals surface area contributed by atoms with Crippen molar-refractivity contribution in [2.24, 2.45) is 0 Å². The zero-order valence-electron chi connectivity index (χ0n) is 15.2. The molecule has 0 bridgehead atoms. The molecule has 0 atom stereocenters. The van der Waals surface area contributed by atoms with Gasteiger partial charge in [-0.1, -0.05) is 0 Å². The van der Waals surface area contributed by atoms with Crippen LogP contribution in [0.2, 0.25) is 0 Å². The highest BCUT2D eigenvalue weighted by Gasteiger charge is 2.30. The molecule has 0 radical (unpaired) electrons. The number of fused-ring (bicyclic) bond motifs is 2. The lowest BCUT2D eigenvalue weighted by Crippen LogP contribution is -2.29. The minimum absolute atomic E-state index is 0.0984. The van der Waals surface area contributed by atoms with Gasteiger partial charge in [0.15, 0.2) is 11.5 Å². The topological polar surface area (TPSA) is 54.9 Å². The molecule has 1 aromatic heterocycles. The number of thiazole rings is 1. The van der Waals surface area contributed by atoms with Crippen LogP contribution >= 0.6 is 11.3 Å². The maximum absolute atomic E-state index is 12.6. The van der Waals surface area contributed by atoms with E-state index >= 15 is 0 Å². The summed E-state index contributed by atoms with van der Waals surface area (Å²) in [5, 5.41) is 0. The number of hydrogen-bond donors (Lipinski definition) is 0. The number of amides is 1. The van der Waals surface area contributed by atoms with Gasteiger partial charge < -0.3 is 19.3 Å². The van der Waals surface area contributed by atoms with Crippen molar-refractivity contribution in [3.05, 3.63) is 39.3 Å². The quantitative estimate of drug-likeness (QED) is 0.747. The average molecular weight is 373 g/mol. The molecule has 0 N–H and O–H groups in total. The number of hydrogen-bond acceptors (Lipinski definition) is 6. The van der Waals surface area contributed by atoms with Crippen molar-refractivity contribution in [3.63, 3.8) is 0 Å². The SMILES string of the molecule is Cc1ncsc1CCN(C)CCCN1Cc2cc3c(cc2C1=O)OCO3. The Kier molecular flexibility index (Phi) is 4.82. The highest BCUT2D eigenvalue weighted by atomic mass is 32.1. The number of benzene rings is 1. The Balaban J connectivity index is 1.25. The summed E-state index contributed by atoms with van der Waals surface area (Å²) >= 11 is 1.73. The van der Waals surface area contributed by atoms with E-state index in [0.29, 0.717) is 12.3 Å². The zero-order valence-corrected chi connectivity index (χ0v) is 16.0. The normalized spacial score (nSPS) is 15.2. The lowest BCUT2D eigenvalue weighted by atomic mass is 10.1. The molecule has 7 heteroatoms. The average Bonchev–Trinajstić information content (AvgIpc) is 3.32. The van der Waals surface area contributed by atoms with Gasteiger partial charge in [0, 0.05) is 30.1 Å². The molecule has 0 unspecified atom stereocenters. The van der Waals surface area contributed by atoms with Gasteiger partial charge in [0.1, 0.15) is 0 Å². The second-order valence-electron chi connectivity index (χ2n) is 6.86. The molecule has 0 aliphatic carbocycles. The predicted octanol–water partition coefficient (Wildman–Crippen LogP) is 2.70. The molecule has 2 aromatic rings. The number of likely N-dealkylation sites (N-methyl/N-ethyl adjacent to an activating group) is 1. The molecule has 0 saturated heterocycles. The number of ether oxygens (including phenoxy) is 2. The van der Waals surface area contributed by atoms with E-state index in [4.69, 9.17) is 9.47 Å². The summed E-state index contributed by atoms with van der Waals surface area (Å²) in [6.45, 7) is 5.72. The molecule has 1 aromatic carbocycles. The first-order chi connectivity index (χ1) is 12.6. The van der Waals surface area contributed by atoms with Crippen LogP contribution in [-0.4, -0.2) is 54.2 Å². The van der Waals surface area contributed by atoms with Gasteiger partial charge in [0.25, 0.3) is 5.91 Å². The minimum atomic E-state index is 0.0984. The minimum Gasteiger partial charge on any atom is -0.454 e. The molecule has 0 saturated carbocycles. The van der Waals surface area contributed by atoms with Gasteiger partial charge in [0.05, 0.1) is 11.2 Å². The summed E-state index contributed by atoms with van der Waals surface area (Å²) in [5.74, 6) is 1.52. The van der Waals surface area contributed by atoms with Crippen molar-refractivity contribution >= 4 is 17.2 Å². The molecule has 3 heterocycles. The molecular formula is C19H23N3O3S. The predicted molar refractivity (Wildman–Crippen MR) is 100.0 cm³/mol. The first kappa shape index (κ1) is 17.3. The molecule has 2 aliphatic rings. The van der Waals surface area contributed by atoms with Gasteiger partial charge in [-0.3, -0.25) is 4.79 Å². The molecule has 2 aliphatic heterocycles. The van der Waals surface area contributed by atoms with Gasteiger partial charge in [-0.15, -0.1) is 11.3 Å². The van der Waals surface area contributed by atoms with Crippen molar-refractivity contribution in [3.8, 4) is 11.5 Å². The third kappa shape index (κ3) is 3.41. The van der Waals surface area contributed by atoms with Crippen LogP contribution in [0.1, 0.15) is 32.9 Å². The third-order valence-corrected chi connectivity index (χ3v) is 6.01. The monoisotopic (exact) mass is 373 g/mol. The number of rotatable bonds is 7. The number of nitrogens with zero attached hydrogens (tertiary/aromatic N) is 3. The third-order valence-electron chi connectivity index (χ3n) is 5.01. The van der Waals surface area contributed by atoms with E-state index in [0.717, 1.165) is 55.0 Å². The van der Waals surface area contributed by atoms with Gasteiger partial charge in [0.2, 0.25) is 6.79 Å². The van der Waals surface area contributed by atoms with Crippen LogP contribution < -0.4 is 9.47 Å². The van der Waals surface area contributed by atoms with E-state index in [-0.39, 0.29) is 12.7 Å². The molecule has 0 fully saturated rings. The van der Waals surface area contributed by atoms with Crippen molar-refractivity contribution < 1.29 is 14.3 Å². The summed E-state index contributed by atoms with van der Waals surface area (Å²) in [6, 6.07) is 3.77. The summed E-state index contributed by atoms with van der Waals surface area (Å²) in [5.41, 5.74) is 4.84. The van der Waals surface area contributed by atoms with Crippen molar-refractivity contribution in [2.75, 3.05) is 33.5 Å². The lowest BCUT2D eigenvalue weighted by molar-refractivity contribution is 0.0771. The first-order valence-electron chi connectivity index (χ1n) is 8.91. The Morgan fingerprint density at radius 1 is 1.27 bits per heavy atom. The zero-order chi connectivity index (χ0) is 18.1. The van der Waals surface area contributed by atoms with Crippen molar-refractivity contribution in [2.45, 2.75) is 26.3 Å². The summed E-state index contributed by atoms with van der Waals surface area (Å²) in [7, 11) is 2.14. The molecule has 138 valence electrons. The summed E-state index contributed by atoms with van der Waals surface area (Å²) in [6.07, 6.45) is 2.00. The number of aromatic nitrogens is 1. The second-order valence-corrected chi connectivity index (χ2v) is 7.80. The Labute approximate surface area is 157 Å². The van der Waals surface area contributed by atoms with Crippen molar-refractivity contribution in [1.82, 2.24) is 14.8 Å². The molecular weight excluding hydrogens is 350 g/mol. The number of aryl methyl sites for hydroxylation is 1. The highest BCUT2D eigenvalue weighted by Crippen LogP contribution is 2.38. The van der Waals surface area contributed by atoms with E-state index in [1.807, 2.05) is 22.5 Å². The molecule has 4 rings (SSSR count). The van der Waals surface area contributed by atoms with E-state index < -0.39 is 0 Å². The van der Waals surface area contributed by atoms with E-state index in [1.165, 1.54) is 4.88 Å². The fraction of sp³-hybridized carbons (Fsp3) is 0.474. The lowest BCUT2D eigenvalue weighted by Gasteiger charge is -2.19. The van der Waals surface area contributed by atoms with E-state index in [2.05, 4.69) is 23.9 Å².